The average Bonchev–Trinajstić information content (AvgIpc) is 3.37. The highest BCUT2D eigenvalue weighted by Crippen LogP contribution is 2.31. The molecule has 3 aliphatic rings. The summed E-state index contributed by atoms with van der Waals surface area (Å²) in [7, 11) is 0. The molecule has 34 heavy (non-hydrogen) atoms. The van der Waals surface area contributed by atoms with E-state index in [0.29, 0.717) is 42.8 Å². The van der Waals surface area contributed by atoms with E-state index >= 15 is 0 Å². The maximum atomic E-state index is 13.6. The molecule has 3 fully saturated rings. The second-order valence-corrected chi connectivity index (χ2v) is 10.3. The molecule has 3 heterocycles. The van der Waals surface area contributed by atoms with Crippen molar-refractivity contribution in [1.82, 2.24) is 14.7 Å². The third-order valence-electron chi connectivity index (χ3n) is 7.39. The van der Waals surface area contributed by atoms with Gasteiger partial charge in [0.05, 0.1) is 47.8 Å². The van der Waals surface area contributed by atoms with Crippen LogP contribution in [-0.4, -0.2) is 78.1 Å². The fourth-order valence-electron chi connectivity index (χ4n) is 5.68. The summed E-state index contributed by atoms with van der Waals surface area (Å²) in [5.74, 6) is -0.115. The maximum Gasteiger partial charge on any atom is 0.227 e. The SMILES string of the molecule is O=C(Cc1ccc(Cl)c(Cl)c1)N1CCN(Cc2ccc(F)cc2)C2COCC(N3CCCC3)[C@H]21. The lowest BCUT2D eigenvalue weighted by Gasteiger charge is -2.54. The van der Waals surface area contributed by atoms with E-state index in [1.54, 1.807) is 12.1 Å². The van der Waals surface area contributed by atoms with Gasteiger partial charge in [0.1, 0.15) is 5.82 Å². The molecule has 2 unspecified atom stereocenters. The molecule has 8 heteroatoms. The van der Waals surface area contributed by atoms with Crippen molar-refractivity contribution in [2.24, 2.45) is 0 Å². The predicted molar refractivity (Wildman–Crippen MR) is 132 cm³/mol. The van der Waals surface area contributed by atoms with E-state index < -0.39 is 0 Å². The molecular formula is C26H30Cl2FN3O2. The first-order valence-corrected chi connectivity index (χ1v) is 12.8. The third kappa shape index (κ3) is 5.12. The first-order chi connectivity index (χ1) is 16.5. The highest BCUT2D eigenvalue weighted by atomic mass is 35.5. The highest BCUT2D eigenvalue weighted by molar-refractivity contribution is 6.42. The molecule has 0 N–H and O–H groups in total. The lowest BCUT2D eigenvalue weighted by Crippen LogP contribution is -2.71. The van der Waals surface area contributed by atoms with Gasteiger partial charge in [-0.25, -0.2) is 4.39 Å². The Bertz CT molecular complexity index is 1020. The number of fused-ring (bicyclic) bond motifs is 1. The smallest absolute Gasteiger partial charge is 0.227 e. The van der Waals surface area contributed by atoms with Crippen molar-refractivity contribution >= 4 is 29.1 Å². The summed E-state index contributed by atoms with van der Waals surface area (Å²) in [6.07, 6.45) is 2.67. The number of hydrogen-bond donors (Lipinski definition) is 0. The Morgan fingerprint density at radius 3 is 2.35 bits per heavy atom. The van der Waals surface area contributed by atoms with Crippen LogP contribution in [0.1, 0.15) is 24.0 Å². The Labute approximate surface area is 210 Å². The molecule has 0 aliphatic carbocycles. The zero-order chi connectivity index (χ0) is 23.7. The number of benzene rings is 2. The molecule has 0 radical (unpaired) electrons. The molecule has 3 saturated heterocycles. The van der Waals surface area contributed by atoms with Crippen LogP contribution in [0.4, 0.5) is 4.39 Å². The first kappa shape index (κ1) is 24.0. The number of likely N-dealkylation sites (tertiary alicyclic amines) is 1. The fraction of sp³-hybridized carbons (Fsp3) is 0.500. The summed E-state index contributed by atoms with van der Waals surface area (Å²) in [4.78, 5) is 20.6. The van der Waals surface area contributed by atoms with Crippen molar-refractivity contribution in [1.29, 1.82) is 0 Å². The Morgan fingerprint density at radius 1 is 0.912 bits per heavy atom. The van der Waals surface area contributed by atoms with Crippen molar-refractivity contribution in [2.45, 2.75) is 43.9 Å². The maximum absolute atomic E-state index is 13.6. The number of ether oxygens (including phenoxy) is 1. The van der Waals surface area contributed by atoms with Crippen molar-refractivity contribution in [3.05, 3.63) is 69.5 Å². The monoisotopic (exact) mass is 505 g/mol. The number of piperazine rings is 1. The van der Waals surface area contributed by atoms with Gasteiger partial charge in [-0.3, -0.25) is 14.6 Å². The van der Waals surface area contributed by atoms with Gasteiger partial charge in [0, 0.05) is 19.6 Å². The van der Waals surface area contributed by atoms with E-state index in [4.69, 9.17) is 27.9 Å². The number of hydrogen-bond acceptors (Lipinski definition) is 4. The van der Waals surface area contributed by atoms with E-state index in [-0.39, 0.29) is 29.8 Å². The normalized spacial score (nSPS) is 26.0. The molecule has 3 aliphatic heterocycles. The quantitative estimate of drug-likeness (QED) is 0.608. The van der Waals surface area contributed by atoms with Crippen LogP contribution in [0.15, 0.2) is 42.5 Å². The molecule has 0 aromatic heterocycles. The predicted octanol–water partition coefficient (Wildman–Crippen LogP) is 4.25. The molecule has 2 aromatic carbocycles. The molecule has 3 atom stereocenters. The van der Waals surface area contributed by atoms with Gasteiger partial charge in [-0.1, -0.05) is 41.4 Å². The minimum atomic E-state index is -0.227. The Balaban J connectivity index is 1.39. The van der Waals surface area contributed by atoms with Crippen LogP contribution in [0.2, 0.25) is 10.0 Å². The molecule has 5 rings (SSSR count). The zero-order valence-corrected chi connectivity index (χ0v) is 20.6. The molecule has 0 saturated carbocycles. The van der Waals surface area contributed by atoms with Crippen molar-refractivity contribution in [2.75, 3.05) is 39.4 Å². The Hall–Kier alpha value is -1.70. The molecule has 5 nitrogen and oxygen atoms in total. The van der Waals surface area contributed by atoms with Crippen LogP contribution in [-0.2, 0) is 22.5 Å². The van der Waals surface area contributed by atoms with Crippen LogP contribution >= 0.6 is 23.2 Å². The van der Waals surface area contributed by atoms with Gasteiger partial charge in [-0.2, -0.15) is 0 Å². The van der Waals surface area contributed by atoms with Gasteiger partial charge < -0.3 is 9.64 Å². The lowest BCUT2D eigenvalue weighted by atomic mass is 9.90. The topological polar surface area (TPSA) is 36.0 Å². The van der Waals surface area contributed by atoms with Gasteiger partial charge in [-0.05, 0) is 61.3 Å². The molecule has 182 valence electrons. The number of rotatable bonds is 5. The van der Waals surface area contributed by atoms with Crippen molar-refractivity contribution in [3.8, 4) is 0 Å². The summed E-state index contributed by atoms with van der Waals surface area (Å²) in [5.41, 5.74) is 1.94. The van der Waals surface area contributed by atoms with Crippen molar-refractivity contribution < 1.29 is 13.9 Å². The minimum absolute atomic E-state index is 0.0521. The molecule has 0 bridgehead atoms. The molecule has 0 spiro atoms. The zero-order valence-electron chi connectivity index (χ0n) is 19.1. The number of halogens is 3. The Morgan fingerprint density at radius 2 is 1.62 bits per heavy atom. The summed E-state index contributed by atoms with van der Waals surface area (Å²) < 4.78 is 19.5. The second kappa shape index (κ2) is 10.5. The van der Waals surface area contributed by atoms with Gasteiger partial charge in [0.15, 0.2) is 0 Å². The number of carbonyl (C=O) groups is 1. The standard InChI is InChI=1S/C26H30Cl2FN3O2/c27-21-8-5-19(13-22(21)28)14-25(33)32-12-11-31(15-18-3-6-20(29)7-4-18)24-17-34-16-23(26(24)32)30-9-1-2-10-30/h3-8,13,23-24,26H,1-2,9-12,14-17H2/t23?,24?,26-/m1/s1. The van der Waals surface area contributed by atoms with Crippen LogP contribution in [0, 0.1) is 5.82 Å². The van der Waals surface area contributed by atoms with Gasteiger partial charge >= 0.3 is 0 Å². The summed E-state index contributed by atoms with van der Waals surface area (Å²) >= 11 is 12.3. The van der Waals surface area contributed by atoms with Gasteiger partial charge in [-0.15, -0.1) is 0 Å². The van der Waals surface area contributed by atoms with E-state index in [9.17, 15) is 9.18 Å². The summed E-state index contributed by atoms with van der Waals surface area (Å²) in [5, 5.41) is 0.959. The Kier molecular flexibility index (Phi) is 7.42. The minimum Gasteiger partial charge on any atom is -0.378 e. The van der Waals surface area contributed by atoms with Crippen LogP contribution in [0.5, 0.6) is 0 Å². The molecule has 1 amide bonds. The third-order valence-corrected chi connectivity index (χ3v) is 8.13. The fourth-order valence-corrected chi connectivity index (χ4v) is 6.00. The summed E-state index contributed by atoms with van der Waals surface area (Å²) in [6.45, 7) is 5.45. The largest absolute Gasteiger partial charge is 0.378 e. The first-order valence-electron chi connectivity index (χ1n) is 12.0. The number of amides is 1. The molecular weight excluding hydrogens is 476 g/mol. The van der Waals surface area contributed by atoms with Gasteiger partial charge in [0.2, 0.25) is 5.91 Å². The van der Waals surface area contributed by atoms with E-state index in [0.717, 1.165) is 30.8 Å². The summed E-state index contributed by atoms with van der Waals surface area (Å²) in [6, 6.07) is 12.4. The van der Waals surface area contributed by atoms with Crippen molar-refractivity contribution in [3.63, 3.8) is 0 Å². The van der Waals surface area contributed by atoms with E-state index in [1.807, 2.05) is 18.2 Å². The van der Waals surface area contributed by atoms with Crippen LogP contribution in [0.3, 0.4) is 0 Å². The number of nitrogens with zero attached hydrogens (tertiary/aromatic N) is 3. The lowest BCUT2D eigenvalue weighted by molar-refractivity contribution is -0.153. The average molecular weight is 506 g/mol. The van der Waals surface area contributed by atoms with Gasteiger partial charge in [0.25, 0.3) is 0 Å². The highest BCUT2D eigenvalue weighted by Gasteiger charge is 2.47. The second-order valence-electron chi connectivity index (χ2n) is 9.52. The van der Waals surface area contributed by atoms with E-state index in [2.05, 4.69) is 14.7 Å². The number of carbonyl (C=O) groups excluding carboxylic acids is 1. The van der Waals surface area contributed by atoms with Crippen LogP contribution in [0.25, 0.3) is 0 Å². The molecule has 2 aromatic rings. The van der Waals surface area contributed by atoms with Crippen LogP contribution < -0.4 is 0 Å². The van der Waals surface area contributed by atoms with E-state index in [1.165, 1.54) is 25.0 Å².